The highest BCUT2D eigenvalue weighted by Gasteiger charge is 2.48. The predicted octanol–water partition coefficient (Wildman–Crippen LogP) is -1.22. The molecule has 1 fully saturated rings. The molecule has 2 heterocycles. The number of aliphatic hydroxyl groups excluding tert-OH is 5. The highest BCUT2D eigenvalue weighted by atomic mass is 16.8. The van der Waals surface area contributed by atoms with Gasteiger partial charge in [-0.15, -0.1) is 0 Å². The van der Waals surface area contributed by atoms with E-state index in [2.05, 4.69) is 0 Å². The number of benzene rings is 1. The number of hydrogen-bond acceptors (Lipinski definition) is 12. The van der Waals surface area contributed by atoms with Crippen LogP contribution in [0.4, 0.5) is 0 Å². The predicted molar refractivity (Wildman–Crippen MR) is 115 cm³/mol. The summed E-state index contributed by atoms with van der Waals surface area (Å²) < 4.78 is 26.9. The second-order valence-corrected chi connectivity index (χ2v) is 8.47. The van der Waals surface area contributed by atoms with Crippen LogP contribution < -0.4 is 4.74 Å². The van der Waals surface area contributed by atoms with E-state index in [1.807, 2.05) is 0 Å². The fourth-order valence-electron chi connectivity index (χ4n) is 4.32. The normalized spacial score (nSPS) is 36.2. The molecule has 6 N–H and O–H groups in total. The maximum absolute atomic E-state index is 12.4. The van der Waals surface area contributed by atoms with Crippen LogP contribution in [0.3, 0.4) is 0 Å². The first-order valence-corrected chi connectivity index (χ1v) is 11.0. The van der Waals surface area contributed by atoms with Gasteiger partial charge in [0.1, 0.15) is 31.0 Å². The highest BCUT2D eigenvalue weighted by molar-refractivity contribution is 5.90. The van der Waals surface area contributed by atoms with E-state index in [4.69, 9.17) is 23.7 Å². The fourth-order valence-corrected chi connectivity index (χ4v) is 4.32. The van der Waals surface area contributed by atoms with Crippen molar-refractivity contribution in [2.75, 3.05) is 20.3 Å². The van der Waals surface area contributed by atoms with E-state index in [1.54, 1.807) is 12.2 Å². The van der Waals surface area contributed by atoms with Crippen molar-refractivity contribution in [2.45, 2.75) is 43.1 Å². The van der Waals surface area contributed by atoms with Crippen LogP contribution in [0.2, 0.25) is 0 Å². The molecule has 0 radical (unpaired) electrons. The summed E-state index contributed by atoms with van der Waals surface area (Å²) in [4.78, 5) is 12.4. The minimum Gasteiger partial charge on any atom is -0.504 e. The summed E-state index contributed by atoms with van der Waals surface area (Å²) in [5.74, 6) is -1.74. The SMILES string of the molecule is COc1cc(C(=O)OCC2=C[C@H]3[C@H](O[C@@H]4O[C@H](CO)[C@@H](O)[C@H](O)[C@H]4O)OC=C[C@H]3[C@@H]2O)ccc1O. The number of phenols is 1. The maximum Gasteiger partial charge on any atom is 0.338 e. The molecule has 0 amide bonds. The Hall–Kier alpha value is -2.71. The Balaban J connectivity index is 1.43. The smallest absolute Gasteiger partial charge is 0.338 e. The molecule has 12 heteroatoms. The Morgan fingerprint density at radius 2 is 1.83 bits per heavy atom. The van der Waals surface area contributed by atoms with Crippen LogP contribution >= 0.6 is 0 Å². The van der Waals surface area contributed by atoms with Crippen molar-refractivity contribution in [3.63, 3.8) is 0 Å². The van der Waals surface area contributed by atoms with Crippen molar-refractivity contribution in [1.82, 2.24) is 0 Å². The van der Waals surface area contributed by atoms with Gasteiger partial charge >= 0.3 is 5.97 Å². The number of rotatable bonds is 7. The van der Waals surface area contributed by atoms with Gasteiger partial charge in [-0.2, -0.15) is 0 Å². The number of methoxy groups -OCH3 is 1. The zero-order valence-electron chi connectivity index (χ0n) is 18.7. The van der Waals surface area contributed by atoms with Crippen LogP contribution in [-0.2, 0) is 18.9 Å². The van der Waals surface area contributed by atoms with Gasteiger partial charge in [0.25, 0.3) is 0 Å². The molecule has 0 saturated carbocycles. The van der Waals surface area contributed by atoms with Gasteiger partial charge in [0.05, 0.1) is 31.6 Å². The monoisotopic (exact) mass is 496 g/mol. The number of esters is 1. The number of aliphatic hydroxyl groups is 5. The molecule has 3 aliphatic rings. The summed E-state index contributed by atoms with van der Waals surface area (Å²) in [6.07, 6.45) is -4.79. The van der Waals surface area contributed by atoms with Gasteiger partial charge in [0, 0.05) is 11.8 Å². The molecule has 0 unspecified atom stereocenters. The largest absolute Gasteiger partial charge is 0.504 e. The molecule has 0 aromatic heterocycles. The minimum atomic E-state index is -1.61. The van der Waals surface area contributed by atoms with Gasteiger partial charge < -0.3 is 54.3 Å². The summed E-state index contributed by atoms with van der Waals surface area (Å²) in [5.41, 5.74) is 0.550. The molecule has 0 spiro atoms. The summed E-state index contributed by atoms with van der Waals surface area (Å²) >= 11 is 0. The number of ether oxygens (including phenoxy) is 5. The van der Waals surface area contributed by atoms with Gasteiger partial charge in [-0.3, -0.25) is 0 Å². The summed E-state index contributed by atoms with van der Waals surface area (Å²) in [6.45, 7) is -0.833. The third-order valence-corrected chi connectivity index (χ3v) is 6.33. The Morgan fingerprint density at radius 3 is 2.54 bits per heavy atom. The van der Waals surface area contributed by atoms with Crippen LogP contribution in [0.25, 0.3) is 0 Å². The van der Waals surface area contributed by atoms with Crippen LogP contribution in [0.1, 0.15) is 10.4 Å². The highest BCUT2D eigenvalue weighted by Crippen LogP contribution is 2.40. The Bertz CT molecular complexity index is 975. The molecule has 1 aliphatic carbocycles. The lowest BCUT2D eigenvalue weighted by Gasteiger charge is -2.42. The first kappa shape index (κ1) is 25.4. The lowest BCUT2D eigenvalue weighted by atomic mass is 9.91. The number of hydrogen-bond donors (Lipinski definition) is 6. The number of phenolic OH excluding ortho intramolecular Hbond substituents is 1. The van der Waals surface area contributed by atoms with Crippen molar-refractivity contribution >= 4 is 5.97 Å². The van der Waals surface area contributed by atoms with Crippen LogP contribution in [-0.4, -0.2) is 100 Å². The van der Waals surface area contributed by atoms with Crippen molar-refractivity contribution in [1.29, 1.82) is 0 Å². The molecule has 35 heavy (non-hydrogen) atoms. The standard InChI is InChI=1S/C23H28O12/c1-31-15-7-10(2-3-14(15)25)21(30)33-9-11-6-13-12(17(11)26)4-5-32-22(13)35-23-20(29)19(28)18(27)16(8-24)34-23/h2-7,12-13,16-20,22-29H,8-9H2,1H3/t12-,13-,16-,17-,18-,19+,20-,22+,23+/m1/s1. The van der Waals surface area contributed by atoms with Crippen molar-refractivity contribution < 1.29 is 59.1 Å². The summed E-state index contributed by atoms with van der Waals surface area (Å²) in [5, 5.41) is 60.0. The number of carbonyl (C=O) groups is 1. The molecule has 192 valence electrons. The molecule has 12 nitrogen and oxygen atoms in total. The van der Waals surface area contributed by atoms with Crippen LogP contribution in [0.5, 0.6) is 11.5 Å². The van der Waals surface area contributed by atoms with Gasteiger partial charge in [-0.1, -0.05) is 6.08 Å². The number of carbonyl (C=O) groups excluding carboxylic acids is 1. The quantitative estimate of drug-likeness (QED) is 0.196. The topological polar surface area (TPSA) is 185 Å². The first-order valence-electron chi connectivity index (χ1n) is 11.0. The van der Waals surface area contributed by atoms with E-state index in [0.717, 1.165) is 0 Å². The second kappa shape index (κ2) is 10.5. The Labute approximate surface area is 200 Å². The van der Waals surface area contributed by atoms with E-state index in [9.17, 15) is 35.4 Å². The number of fused-ring (bicyclic) bond motifs is 1. The fraction of sp³-hybridized carbons (Fsp3) is 0.522. The second-order valence-electron chi connectivity index (χ2n) is 8.47. The van der Waals surface area contributed by atoms with Gasteiger partial charge in [-0.05, 0) is 29.8 Å². The lowest BCUT2D eigenvalue weighted by molar-refractivity contribution is -0.339. The van der Waals surface area contributed by atoms with Gasteiger partial charge in [0.2, 0.25) is 6.29 Å². The third kappa shape index (κ3) is 5.00. The summed E-state index contributed by atoms with van der Waals surface area (Å²) in [6, 6.07) is 4.01. The van der Waals surface area contributed by atoms with Crippen molar-refractivity contribution in [3.05, 3.63) is 47.7 Å². The molecule has 2 aliphatic heterocycles. The van der Waals surface area contributed by atoms with Crippen LogP contribution in [0, 0.1) is 11.8 Å². The molecular formula is C23H28O12. The lowest BCUT2D eigenvalue weighted by Crippen LogP contribution is -2.60. The molecular weight excluding hydrogens is 468 g/mol. The molecule has 1 aromatic rings. The Morgan fingerprint density at radius 1 is 1.06 bits per heavy atom. The zero-order chi connectivity index (χ0) is 25.3. The molecule has 1 aromatic carbocycles. The van der Waals surface area contributed by atoms with Gasteiger partial charge in [0.15, 0.2) is 17.8 Å². The number of aromatic hydroxyl groups is 1. The van der Waals surface area contributed by atoms with Gasteiger partial charge in [-0.25, -0.2) is 4.79 Å². The van der Waals surface area contributed by atoms with Crippen LogP contribution in [0.15, 0.2) is 42.2 Å². The van der Waals surface area contributed by atoms with Crippen molar-refractivity contribution in [2.24, 2.45) is 11.8 Å². The first-order chi connectivity index (χ1) is 16.7. The molecule has 4 rings (SSSR count). The van der Waals surface area contributed by atoms with E-state index in [0.29, 0.717) is 5.57 Å². The van der Waals surface area contributed by atoms with E-state index in [1.165, 1.54) is 31.6 Å². The van der Waals surface area contributed by atoms with Crippen molar-refractivity contribution in [3.8, 4) is 11.5 Å². The molecule has 0 bridgehead atoms. The average molecular weight is 496 g/mol. The van der Waals surface area contributed by atoms with E-state index >= 15 is 0 Å². The zero-order valence-corrected chi connectivity index (χ0v) is 18.7. The van der Waals surface area contributed by atoms with E-state index < -0.39 is 67.5 Å². The Kier molecular flexibility index (Phi) is 7.62. The average Bonchev–Trinajstić information content (AvgIpc) is 3.19. The molecule has 1 saturated heterocycles. The summed E-state index contributed by atoms with van der Waals surface area (Å²) in [7, 11) is 1.35. The van der Waals surface area contributed by atoms with E-state index in [-0.39, 0.29) is 23.7 Å². The third-order valence-electron chi connectivity index (χ3n) is 6.33. The maximum atomic E-state index is 12.4. The molecule has 9 atom stereocenters. The minimum absolute atomic E-state index is 0.112.